The number of anilines is 1. The number of nitrogens with zero attached hydrogens (tertiary/aromatic N) is 2. The van der Waals surface area contributed by atoms with E-state index in [9.17, 15) is 0 Å². The molecule has 2 aromatic heterocycles. The van der Waals surface area contributed by atoms with Crippen molar-refractivity contribution in [2.75, 3.05) is 5.32 Å². The molecule has 4 nitrogen and oxygen atoms in total. The number of nitrogens with one attached hydrogen (secondary N) is 1. The van der Waals surface area contributed by atoms with Crippen LogP contribution in [0, 0.1) is 0 Å². The van der Waals surface area contributed by atoms with Gasteiger partial charge in [-0.05, 0) is 25.5 Å². The van der Waals surface area contributed by atoms with Crippen LogP contribution < -0.4 is 5.32 Å². The Morgan fingerprint density at radius 2 is 2.44 bits per heavy atom. The van der Waals surface area contributed by atoms with E-state index in [2.05, 4.69) is 17.2 Å². The molecule has 0 spiro atoms. The molecule has 0 bridgehead atoms. The van der Waals surface area contributed by atoms with Crippen molar-refractivity contribution in [3.8, 4) is 0 Å². The van der Waals surface area contributed by atoms with E-state index in [1.165, 1.54) is 0 Å². The topological polar surface area (TPSA) is 43.0 Å². The molecule has 0 aliphatic rings. The highest BCUT2D eigenvalue weighted by Gasteiger charge is 2.06. The maximum absolute atomic E-state index is 5.29. The van der Waals surface area contributed by atoms with Gasteiger partial charge in [0.25, 0.3) is 0 Å². The van der Waals surface area contributed by atoms with Crippen molar-refractivity contribution in [2.45, 2.75) is 25.8 Å². The molecule has 2 heterocycles. The Kier molecular flexibility index (Phi) is 3.29. The van der Waals surface area contributed by atoms with E-state index < -0.39 is 0 Å². The van der Waals surface area contributed by atoms with Crippen LogP contribution in [0.3, 0.4) is 0 Å². The summed E-state index contributed by atoms with van der Waals surface area (Å²) in [6, 6.07) is 4.31. The highest BCUT2D eigenvalue weighted by molar-refractivity contribution is 5.26. The van der Waals surface area contributed by atoms with Gasteiger partial charge in [0, 0.05) is 31.9 Å². The van der Waals surface area contributed by atoms with E-state index in [0.717, 1.165) is 24.6 Å². The first kappa shape index (κ1) is 10.8. The van der Waals surface area contributed by atoms with Gasteiger partial charge in [0.15, 0.2) is 0 Å². The summed E-state index contributed by atoms with van der Waals surface area (Å²) in [7, 11) is 1.98. The number of hydrogen-bond acceptors (Lipinski definition) is 3. The second kappa shape index (κ2) is 4.88. The van der Waals surface area contributed by atoms with Crippen LogP contribution in [0.1, 0.15) is 19.1 Å². The number of furan rings is 1. The van der Waals surface area contributed by atoms with Crippen molar-refractivity contribution in [1.82, 2.24) is 9.55 Å². The third-order valence-corrected chi connectivity index (χ3v) is 2.60. The standard InChI is InChI=1S/C12H17N3O/c1-10(5-6-11-4-3-9-16-11)14-12-13-7-8-15(12)2/h3-4,7-10H,5-6H2,1-2H3,(H,13,14). The largest absolute Gasteiger partial charge is 0.469 e. The van der Waals surface area contributed by atoms with Gasteiger partial charge in [-0.25, -0.2) is 4.98 Å². The molecule has 0 amide bonds. The lowest BCUT2D eigenvalue weighted by molar-refractivity contribution is 0.494. The molecular formula is C12H17N3O. The van der Waals surface area contributed by atoms with Gasteiger partial charge in [-0.1, -0.05) is 0 Å². The van der Waals surface area contributed by atoms with Gasteiger partial charge in [0.2, 0.25) is 5.95 Å². The van der Waals surface area contributed by atoms with Crippen LogP contribution in [0.25, 0.3) is 0 Å². The van der Waals surface area contributed by atoms with Gasteiger partial charge in [-0.3, -0.25) is 0 Å². The summed E-state index contributed by atoms with van der Waals surface area (Å²) in [5, 5.41) is 3.36. The fraction of sp³-hybridized carbons (Fsp3) is 0.417. The van der Waals surface area contributed by atoms with Crippen molar-refractivity contribution < 1.29 is 4.42 Å². The first-order chi connectivity index (χ1) is 7.75. The van der Waals surface area contributed by atoms with Crippen LogP contribution in [0.5, 0.6) is 0 Å². The van der Waals surface area contributed by atoms with Crippen LogP contribution in [0.15, 0.2) is 35.2 Å². The Bertz CT molecular complexity index is 419. The molecule has 0 aliphatic heterocycles. The monoisotopic (exact) mass is 219 g/mol. The minimum Gasteiger partial charge on any atom is -0.469 e. The Balaban J connectivity index is 1.81. The Morgan fingerprint density at radius 1 is 1.56 bits per heavy atom. The van der Waals surface area contributed by atoms with Gasteiger partial charge in [0.1, 0.15) is 5.76 Å². The van der Waals surface area contributed by atoms with Crippen LogP contribution >= 0.6 is 0 Å². The molecule has 0 radical (unpaired) electrons. The summed E-state index contributed by atoms with van der Waals surface area (Å²) >= 11 is 0. The van der Waals surface area contributed by atoms with Crippen molar-refractivity contribution in [1.29, 1.82) is 0 Å². The molecule has 0 saturated carbocycles. The molecule has 0 aliphatic carbocycles. The predicted octanol–water partition coefficient (Wildman–Crippen LogP) is 2.45. The molecule has 1 N–H and O–H groups in total. The molecular weight excluding hydrogens is 202 g/mol. The van der Waals surface area contributed by atoms with Gasteiger partial charge in [0.05, 0.1) is 6.26 Å². The normalized spacial score (nSPS) is 12.6. The van der Waals surface area contributed by atoms with E-state index in [4.69, 9.17) is 4.42 Å². The minimum atomic E-state index is 0.381. The average molecular weight is 219 g/mol. The fourth-order valence-corrected chi connectivity index (χ4v) is 1.61. The molecule has 2 rings (SSSR count). The first-order valence-corrected chi connectivity index (χ1v) is 5.52. The van der Waals surface area contributed by atoms with Crippen molar-refractivity contribution >= 4 is 5.95 Å². The summed E-state index contributed by atoms with van der Waals surface area (Å²) in [4.78, 5) is 4.23. The summed E-state index contributed by atoms with van der Waals surface area (Å²) in [6.07, 6.45) is 7.42. The molecule has 16 heavy (non-hydrogen) atoms. The SMILES string of the molecule is CC(CCc1ccco1)Nc1nccn1C. The Labute approximate surface area is 95.3 Å². The second-order valence-electron chi connectivity index (χ2n) is 4.03. The Morgan fingerprint density at radius 3 is 3.06 bits per heavy atom. The van der Waals surface area contributed by atoms with Crippen LogP contribution in [-0.2, 0) is 13.5 Å². The van der Waals surface area contributed by atoms with E-state index >= 15 is 0 Å². The lowest BCUT2D eigenvalue weighted by Crippen LogP contribution is -2.18. The summed E-state index contributed by atoms with van der Waals surface area (Å²) in [5.74, 6) is 1.94. The van der Waals surface area contributed by atoms with Crippen LogP contribution in [-0.4, -0.2) is 15.6 Å². The molecule has 86 valence electrons. The minimum absolute atomic E-state index is 0.381. The third-order valence-electron chi connectivity index (χ3n) is 2.60. The highest BCUT2D eigenvalue weighted by Crippen LogP contribution is 2.09. The number of imidazole rings is 1. The number of aryl methyl sites for hydroxylation is 2. The smallest absolute Gasteiger partial charge is 0.202 e. The maximum atomic E-state index is 5.29. The fourth-order valence-electron chi connectivity index (χ4n) is 1.61. The lowest BCUT2D eigenvalue weighted by atomic mass is 10.1. The van der Waals surface area contributed by atoms with Crippen molar-refractivity contribution in [3.05, 3.63) is 36.5 Å². The number of hydrogen-bond donors (Lipinski definition) is 1. The average Bonchev–Trinajstić information content (AvgIpc) is 2.88. The van der Waals surface area contributed by atoms with Crippen LogP contribution in [0.2, 0.25) is 0 Å². The van der Waals surface area contributed by atoms with Gasteiger partial charge < -0.3 is 14.3 Å². The van der Waals surface area contributed by atoms with E-state index in [1.807, 2.05) is 29.9 Å². The summed E-state index contributed by atoms with van der Waals surface area (Å²) in [6.45, 7) is 2.15. The van der Waals surface area contributed by atoms with Crippen molar-refractivity contribution in [3.63, 3.8) is 0 Å². The van der Waals surface area contributed by atoms with Crippen molar-refractivity contribution in [2.24, 2.45) is 7.05 Å². The maximum Gasteiger partial charge on any atom is 0.202 e. The second-order valence-corrected chi connectivity index (χ2v) is 4.03. The molecule has 0 fully saturated rings. The zero-order valence-corrected chi connectivity index (χ0v) is 9.68. The predicted molar refractivity (Wildman–Crippen MR) is 63.3 cm³/mol. The first-order valence-electron chi connectivity index (χ1n) is 5.52. The van der Waals surface area contributed by atoms with E-state index in [1.54, 1.807) is 12.5 Å². The van der Waals surface area contributed by atoms with E-state index in [0.29, 0.717) is 6.04 Å². The van der Waals surface area contributed by atoms with Crippen LogP contribution in [0.4, 0.5) is 5.95 Å². The summed E-state index contributed by atoms with van der Waals surface area (Å²) in [5.41, 5.74) is 0. The molecule has 4 heteroatoms. The van der Waals surface area contributed by atoms with Gasteiger partial charge in [-0.2, -0.15) is 0 Å². The summed E-state index contributed by atoms with van der Waals surface area (Å²) < 4.78 is 7.27. The molecule has 0 aromatic carbocycles. The Hall–Kier alpha value is -1.71. The molecule has 1 atom stereocenters. The molecule has 1 unspecified atom stereocenters. The van der Waals surface area contributed by atoms with Gasteiger partial charge >= 0.3 is 0 Å². The molecule has 0 saturated heterocycles. The zero-order valence-electron chi connectivity index (χ0n) is 9.68. The molecule has 2 aromatic rings. The van der Waals surface area contributed by atoms with E-state index in [-0.39, 0.29) is 0 Å². The third kappa shape index (κ3) is 2.66. The number of aromatic nitrogens is 2. The quantitative estimate of drug-likeness (QED) is 0.840. The zero-order chi connectivity index (χ0) is 11.4. The van der Waals surface area contributed by atoms with Gasteiger partial charge in [-0.15, -0.1) is 0 Å². The highest BCUT2D eigenvalue weighted by atomic mass is 16.3. The number of rotatable bonds is 5. The lowest BCUT2D eigenvalue weighted by Gasteiger charge is -2.13.